The van der Waals surface area contributed by atoms with E-state index in [1.807, 2.05) is 7.05 Å². The predicted molar refractivity (Wildman–Crippen MR) is 36.7 cm³/mol. The van der Waals surface area contributed by atoms with Gasteiger partial charge in [0.15, 0.2) is 5.82 Å². The largest absolute Gasteiger partial charge is 0.340 e. The van der Waals surface area contributed by atoms with Gasteiger partial charge < -0.3 is 9.84 Å². The summed E-state index contributed by atoms with van der Waals surface area (Å²) in [7, 11) is 1.90. The molecule has 0 aliphatic rings. The highest BCUT2D eigenvalue weighted by Crippen LogP contribution is 1.93. The van der Waals surface area contributed by atoms with Crippen molar-refractivity contribution in [1.29, 1.82) is 0 Å². The van der Waals surface area contributed by atoms with Gasteiger partial charge in [0.05, 0.1) is 0 Å². The van der Waals surface area contributed by atoms with Gasteiger partial charge in [-0.1, -0.05) is 5.16 Å². The minimum Gasteiger partial charge on any atom is -0.340 e. The maximum absolute atomic E-state index is 4.77. The molecule has 0 aliphatic heterocycles. The molecule has 0 saturated heterocycles. The van der Waals surface area contributed by atoms with Crippen molar-refractivity contribution in [3.63, 3.8) is 0 Å². The van der Waals surface area contributed by atoms with Gasteiger partial charge in [-0.15, -0.1) is 0 Å². The van der Waals surface area contributed by atoms with E-state index in [1.54, 1.807) is 6.92 Å². The molecule has 1 heterocycles. The maximum atomic E-state index is 4.77. The van der Waals surface area contributed by atoms with Crippen LogP contribution in [0.5, 0.6) is 0 Å². The van der Waals surface area contributed by atoms with E-state index in [4.69, 9.17) is 4.52 Å². The Labute approximate surface area is 59.6 Å². The van der Waals surface area contributed by atoms with Gasteiger partial charge in [-0.05, 0) is 7.05 Å². The van der Waals surface area contributed by atoms with Crippen LogP contribution in [0.3, 0.4) is 0 Å². The summed E-state index contributed by atoms with van der Waals surface area (Å²) in [5.74, 6) is 1.40. The second-order valence-electron chi connectivity index (χ2n) is 2.08. The van der Waals surface area contributed by atoms with E-state index in [0.29, 0.717) is 5.89 Å². The Balaban J connectivity index is 2.42. The molecule has 0 unspecified atom stereocenters. The summed E-state index contributed by atoms with van der Waals surface area (Å²) in [6.07, 6.45) is 0.827. The molecule has 1 aromatic heterocycles. The summed E-state index contributed by atoms with van der Waals surface area (Å²) < 4.78 is 4.77. The minimum atomic E-state index is 0.631. The minimum absolute atomic E-state index is 0.631. The van der Waals surface area contributed by atoms with Crippen molar-refractivity contribution in [3.8, 4) is 0 Å². The van der Waals surface area contributed by atoms with Crippen LogP contribution >= 0.6 is 0 Å². The fraction of sp³-hybridized carbons (Fsp3) is 0.667. The lowest BCUT2D eigenvalue weighted by atomic mass is 10.4. The molecule has 0 bridgehead atoms. The Hall–Kier alpha value is -0.900. The van der Waals surface area contributed by atoms with Crippen molar-refractivity contribution in [2.24, 2.45) is 0 Å². The quantitative estimate of drug-likeness (QED) is 0.650. The topological polar surface area (TPSA) is 51.0 Å². The average molecular weight is 141 g/mol. The summed E-state index contributed by atoms with van der Waals surface area (Å²) >= 11 is 0. The van der Waals surface area contributed by atoms with Gasteiger partial charge in [0.2, 0.25) is 5.89 Å². The lowest BCUT2D eigenvalue weighted by Gasteiger charge is -1.89. The van der Waals surface area contributed by atoms with Gasteiger partial charge in [-0.3, -0.25) is 0 Å². The summed E-state index contributed by atoms with van der Waals surface area (Å²) in [6.45, 7) is 2.68. The third-order valence-corrected chi connectivity index (χ3v) is 1.17. The lowest BCUT2D eigenvalue weighted by Crippen LogP contribution is -2.10. The van der Waals surface area contributed by atoms with Crippen LogP contribution in [0.1, 0.15) is 11.7 Å². The molecule has 4 nitrogen and oxygen atoms in total. The first kappa shape index (κ1) is 7.21. The molecule has 0 radical (unpaired) electrons. The van der Waals surface area contributed by atoms with Crippen molar-refractivity contribution < 1.29 is 4.52 Å². The zero-order valence-corrected chi connectivity index (χ0v) is 6.22. The molecule has 0 aromatic carbocycles. The number of aromatic nitrogens is 2. The monoisotopic (exact) mass is 141 g/mol. The normalized spacial score (nSPS) is 10.2. The Bertz CT molecular complexity index is 197. The molecule has 0 fully saturated rings. The van der Waals surface area contributed by atoms with Crippen molar-refractivity contribution >= 4 is 0 Å². The first-order valence-electron chi connectivity index (χ1n) is 3.26. The molecule has 0 aliphatic carbocycles. The van der Waals surface area contributed by atoms with E-state index in [0.717, 1.165) is 18.8 Å². The van der Waals surface area contributed by atoms with Crippen molar-refractivity contribution in [1.82, 2.24) is 15.5 Å². The van der Waals surface area contributed by atoms with E-state index in [-0.39, 0.29) is 0 Å². The molecule has 1 N–H and O–H groups in total. The van der Waals surface area contributed by atoms with Crippen LogP contribution in [-0.4, -0.2) is 23.7 Å². The Morgan fingerprint density at radius 3 is 2.90 bits per heavy atom. The van der Waals surface area contributed by atoms with Gasteiger partial charge >= 0.3 is 0 Å². The van der Waals surface area contributed by atoms with Crippen LogP contribution in [-0.2, 0) is 6.42 Å². The Morgan fingerprint density at radius 2 is 2.40 bits per heavy atom. The van der Waals surface area contributed by atoms with E-state index >= 15 is 0 Å². The molecule has 10 heavy (non-hydrogen) atoms. The van der Waals surface area contributed by atoms with E-state index in [9.17, 15) is 0 Å². The number of hydrogen-bond acceptors (Lipinski definition) is 4. The molecule has 0 atom stereocenters. The number of aryl methyl sites for hydroxylation is 1. The van der Waals surface area contributed by atoms with Crippen LogP contribution in [0.25, 0.3) is 0 Å². The third kappa shape index (κ3) is 1.80. The van der Waals surface area contributed by atoms with Crippen molar-refractivity contribution in [2.45, 2.75) is 13.3 Å². The highest BCUT2D eigenvalue weighted by atomic mass is 16.5. The van der Waals surface area contributed by atoms with Gasteiger partial charge in [0, 0.05) is 19.9 Å². The standard InChI is InChI=1S/C6H11N3O/c1-5-8-6(9-10-5)3-4-7-2/h7H,3-4H2,1-2H3. The number of rotatable bonds is 3. The number of hydrogen-bond donors (Lipinski definition) is 1. The zero-order chi connectivity index (χ0) is 7.40. The molecule has 1 aromatic rings. The third-order valence-electron chi connectivity index (χ3n) is 1.17. The summed E-state index contributed by atoms with van der Waals surface area (Å²) in [5, 5.41) is 6.73. The molecule has 56 valence electrons. The first-order valence-corrected chi connectivity index (χ1v) is 3.26. The van der Waals surface area contributed by atoms with Crippen molar-refractivity contribution in [2.75, 3.05) is 13.6 Å². The van der Waals surface area contributed by atoms with Gasteiger partial charge in [-0.25, -0.2) is 0 Å². The van der Waals surface area contributed by atoms with E-state index in [1.165, 1.54) is 0 Å². The number of likely N-dealkylation sites (N-methyl/N-ethyl adjacent to an activating group) is 1. The lowest BCUT2D eigenvalue weighted by molar-refractivity contribution is 0.387. The van der Waals surface area contributed by atoms with Crippen LogP contribution in [0.2, 0.25) is 0 Å². The van der Waals surface area contributed by atoms with Gasteiger partial charge in [0.25, 0.3) is 0 Å². The summed E-state index contributed by atoms with van der Waals surface area (Å²) in [4.78, 5) is 4.03. The first-order chi connectivity index (χ1) is 4.83. The number of nitrogens with zero attached hydrogens (tertiary/aromatic N) is 2. The van der Waals surface area contributed by atoms with Gasteiger partial charge in [0.1, 0.15) is 0 Å². The van der Waals surface area contributed by atoms with Gasteiger partial charge in [-0.2, -0.15) is 4.98 Å². The second-order valence-corrected chi connectivity index (χ2v) is 2.08. The SMILES string of the molecule is CNCCc1noc(C)n1. The van der Waals surface area contributed by atoms with Crippen LogP contribution < -0.4 is 5.32 Å². The summed E-state index contributed by atoms with van der Waals surface area (Å²) in [5.41, 5.74) is 0. The molecule has 4 heteroatoms. The van der Waals surface area contributed by atoms with Crippen LogP contribution in [0, 0.1) is 6.92 Å². The molecular weight excluding hydrogens is 130 g/mol. The Morgan fingerprint density at radius 1 is 1.60 bits per heavy atom. The molecule has 0 saturated carbocycles. The van der Waals surface area contributed by atoms with Crippen LogP contribution in [0.4, 0.5) is 0 Å². The van der Waals surface area contributed by atoms with E-state index in [2.05, 4.69) is 15.5 Å². The Kier molecular flexibility index (Phi) is 2.39. The zero-order valence-electron chi connectivity index (χ0n) is 6.22. The van der Waals surface area contributed by atoms with Crippen LogP contribution in [0.15, 0.2) is 4.52 Å². The molecule has 0 amide bonds. The average Bonchev–Trinajstić information content (AvgIpc) is 2.31. The summed E-state index contributed by atoms with van der Waals surface area (Å²) in [6, 6.07) is 0. The second kappa shape index (κ2) is 3.31. The van der Waals surface area contributed by atoms with Crippen molar-refractivity contribution in [3.05, 3.63) is 11.7 Å². The fourth-order valence-corrected chi connectivity index (χ4v) is 0.680. The van der Waals surface area contributed by atoms with E-state index < -0.39 is 0 Å². The highest BCUT2D eigenvalue weighted by molar-refractivity contribution is 4.83. The predicted octanol–water partition coefficient (Wildman–Crippen LogP) is 0.140. The molecule has 1 rings (SSSR count). The molecular formula is C6H11N3O. The number of nitrogens with one attached hydrogen (secondary N) is 1. The fourth-order valence-electron chi connectivity index (χ4n) is 0.680. The smallest absolute Gasteiger partial charge is 0.223 e. The highest BCUT2D eigenvalue weighted by Gasteiger charge is 1.98. The maximum Gasteiger partial charge on any atom is 0.223 e. The molecule has 0 spiro atoms.